The van der Waals surface area contributed by atoms with Gasteiger partial charge in [0.2, 0.25) is 0 Å². The van der Waals surface area contributed by atoms with Crippen LogP contribution >= 0.6 is 11.6 Å². The zero-order valence-corrected chi connectivity index (χ0v) is 16.6. The highest BCUT2D eigenvalue weighted by Gasteiger charge is 2.13. The molecule has 0 spiro atoms. The minimum atomic E-state index is 0.555. The van der Waals surface area contributed by atoms with Gasteiger partial charge in [-0.3, -0.25) is 0 Å². The molecule has 0 radical (unpaired) electrons. The molecule has 2 aromatic rings. The van der Waals surface area contributed by atoms with Crippen LogP contribution in [-0.4, -0.2) is 42.7 Å². The second-order valence-corrected chi connectivity index (χ2v) is 6.19. The molecule has 1 aromatic carbocycles. The number of nitrogens with zero attached hydrogens (tertiary/aromatic N) is 2. The average Bonchev–Trinajstić information content (AvgIpc) is 2.66. The highest BCUT2D eigenvalue weighted by atomic mass is 35.5. The molecule has 0 bridgehead atoms. The number of nitrogens with one attached hydrogen (secondary N) is 1. The number of halogens is 1. The summed E-state index contributed by atoms with van der Waals surface area (Å²) in [7, 11) is 0. The summed E-state index contributed by atoms with van der Waals surface area (Å²) in [6.07, 6.45) is 1.76. The van der Waals surface area contributed by atoms with E-state index in [2.05, 4.69) is 29.0 Å². The number of aromatic nitrogens is 1. The molecule has 0 unspecified atom stereocenters. The third-order valence-corrected chi connectivity index (χ3v) is 4.34. The van der Waals surface area contributed by atoms with Crippen molar-refractivity contribution in [1.82, 2.24) is 9.88 Å². The first-order valence-corrected chi connectivity index (χ1v) is 9.50. The fraction of sp³-hybridized carbons (Fsp3) is 0.450. The lowest BCUT2D eigenvalue weighted by Gasteiger charge is -2.20. The van der Waals surface area contributed by atoms with Gasteiger partial charge in [-0.25, -0.2) is 4.98 Å². The van der Waals surface area contributed by atoms with Gasteiger partial charge in [0.1, 0.15) is 12.4 Å². The monoisotopic (exact) mass is 377 g/mol. The third kappa shape index (κ3) is 6.07. The smallest absolute Gasteiger partial charge is 0.179 e. The van der Waals surface area contributed by atoms with Crippen LogP contribution in [-0.2, 0) is 6.54 Å². The first-order valence-electron chi connectivity index (χ1n) is 9.13. The van der Waals surface area contributed by atoms with Crippen LogP contribution < -0.4 is 14.8 Å². The van der Waals surface area contributed by atoms with Crippen molar-refractivity contribution in [2.24, 2.45) is 0 Å². The normalized spacial score (nSPS) is 10.8. The number of likely N-dealkylation sites (N-methyl/N-ethyl adjacent to an activating group) is 1. The summed E-state index contributed by atoms with van der Waals surface area (Å²) in [5, 5.41) is 3.84. The van der Waals surface area contributed by atoms with Gasteiger partial charge in [-0.05, 0) is 49.8 Å². The van der Waals surface area contributed by atoms with Gasteiger partial charge in [0.05, 0.1) is 11.6 Å². The molecular weight excluding hydrogens is 350 g/mol. The fourth-order valence-corrected chi connectivity index (χ4v) is 2.89. The van der Waals surface area contributed by atoms with Crippen LogP contribution in [0.2, 0.25) is 5.02 Å². The van der Waals surface area contributed by atoms with E-state index in [4.69, 9.17) is 21.1 Å². The first kappa shape index (κ1) is 20.3. The molecule has 1 aromatic heterocycles. The highest BCUT2D eigenvalue weighted by molar-refractivity contribution is 6.32. The fourth-order valence-electron chi connectivity index (χ4n) is 2.60. The molecule has 0 amide bonds. The third-order valence-electron chi connectivity index (χ3n) is 4.06. The summed E-state index contributed by atoms with van der Waals surface area (Å²) in [5.41, 5.74) is 1.01. The van der Waals surface area contributed by atoms with E-state index >= 15 is 0 Å². The molecule has 2 rings (SSSR count). The predicted octanol–water partition coefficient (Wildman–Crippen LogP) is 4.47. The van der Waals surface area contributed by atoms with Crippen molar-refractivity contribution in [3.63, 3.8) is 0 Å². The van der Waals surface area contributed by atoms with E-state index in [-0.39, 0.29) is 0 Å². The number of anilines is 1. The summed E-state index contributed by atoms with van der Waals surface area (Å²) in [6.45, 7) is 10.8. The molecule has 0 fully saturated rings. The van der Waals surface area contributed by atoms with Gasteiger partial charge in [0.15, 0.2) is 11.5 Å². The Bertz CT molecular complexity index is 664. The van der Waals surface area contributed by atoms with Crippen LogP contribution in [0.1, 0.15) is 26.3 Å². The Morgan fingerprint density at radius 1 is 1.12 bits per heavy atom. The minimum Gasteiger partial charge on any atom is -0.490 e. The zero-order chi connectivity index (χ0) is 18.8. The molecule has 0 aliphatic heterocycles. The standard InChI is InChI=1S/C20H28ClN3O2/c1-4-24(5-2)11-12-26-20-17(21)13-16(14-18(20)25-6-3)15-23-19-9-7-8-10-22-19/h7-10,13-14H,4-6,11-12,15H2,1-3H3,(H,22,23). The van der Waals surface area contributed by atoms with Crippen LogP contribution in [0.25, 0.3) is 0 Å². The molecule has 1 N–H and O–H groups in total. The summed E-state index contributed by atoms with van der Waals surface area (Å²) in [6, 6.07) is 9.64. The van der Waals surface area contributed by atoms with Crippen molar-refractivity contribution in [3.8, 4) is 11.5 Å². The van der Waals surface area contributed by atoms with Crippen LogP contribution in [0.4, 0.5) is 5.82 Å². The number of hydrogen-bond acceptors (Lipinski definition) is 5. The molecule has 0 aliphatic carbocycles. The molecule has 0 saturated carbocycles. The average molecular weight is 378 g/mol. The lowest BCUT2D eigenvalue weighted by atomic mass is 10.2. The van der Waals surface area contributed by atoms with Crippen molar-refractivity contribution in [3.05, 3.63) is 47.1 Å². The molecule has 0 aliphatic rings. The van der Waals surface area contributed by atoms with E-state index in [0.717, 1.165) is 31.0 Å². The predicted molar refractivity (Wildman–Crippen MR) is 107 cm³/mol. The quantitative estimate of drug-likeness (QED) is 0.626. The maximum atomic E-state index is 6.47. The second kappa shape index (κ2) is 10.9. The maximum absolute atomic E-state index is 6.47. The zero-order valence-electron chi connectivity index (χ0n) is 15.8. The number of pyridine rings is 1. The van der Waals surface area contributed by atoms with E-state index in [9.17, 15) is 0 Å². The summed E-state index contributed by atoms with van der Waals surface area (Å²) < 4.78 is 11.7. The Hall–Kier alpha value is -1.98. The molecule has 0 saturated heterocycles. The van der Waals surface area contributed by atoms with Gasteiger partial charge in [-0.15, -0.1) is 0 Å². The minimum absolute atomic E-state index is 0.555. The Kier molecular flexibility index (Phi) is 8.51. The lowest BCUT2D eigenvalue weighted by molar-refractivity contribution is 0.214. The Labute approximate surface area is 161 Å². The first-order chi connectivity index (χ1) is 12.7. The van der Waals surface area contributed by atoms with Crippen molar-refractivity contribution >= 4 is 17.4 Å². The second-order valence-electron chi connectivity index (χ2n) is 5.78. The van der Waals surface area contributed by atoms with E-state index in [1.807, 2.05) is 37.3 Å². The van der Waals surface area contributed by atoms with Crippen LogP contribution in [0, 0.1) is 0 Å². The van der Waals surface area contributed by atoms with Crippen molar-refractivity contribution in [2.75, 3.05) is 38.2 Å². The molecule has 0 atom stereocenters. The maximum Gasteiger partial charge on any atom is 0.179 e. The van der Waals surface area contributed by atoms with Crippen LogP contribution in [0.5, 0.6) is 11.5 Å². The molecule has 5 nitrogen and oxygen atoms in total. The van der Waals surface area contributed by atoms with Crippen LogP contribution in [0.15, 0.2) is 36.5 Å². The van der Waals surface area contributed by atoms with Crippen molar-refractivity contribution < 1.29 is 9.47 Å². The number of rotatable bonds is 11. The van der Waals surface area contributed by atoms with Gasteiger partial charge in [0.25, 0.3) is 0 Å². The van der Waals surface area contributed by atoms with Crippen molar-refractivity contribution in [1.29, 1.82) is 0 Å². The SMILES string of the molecule is CCOc1cc(CNc2ccccn2)cc(Cl)c1OCCN(CC)CC. The number of hydrogen-bond donors (Lipinski definition) is 1. The highest BCUT2D eigenvalue weighted by Crippen LogP contribution is 2.36. The molecular formula is C20H28ClN3O2. The van der Waals surface area contributed by atoms with Gasteiger partial charge < -0.3 is 19.7 Å². The summed E-state index contributed by atoms with van der Waals surface area (Å²) in [4.78, 5) is 6.57. The largest absolute Gasteiger partial charge is 0.490 e. The molecule has 26 heavy (non-hydrogen) atoms. The Morgan fingerprint density at radius 2 is 1.92 bits per heavy atom. The van der Waals surface area contributed by atoms with E-state index < -0.39 is 0 Å². The Morgan fingerprint density at radius 3 is 2.58 bits per heavy atom. The molecule has 142 valence electrons. The van der Waals surface area contributed by atoms with Gasteiger partial charge >= 0.3 is 0 Å². The van der Waals surface area contributed by atoms with E-state index in [1.165, 1.54) is 0 Å². The molecule has 6 heteroatoms. The number of ether oxygens (including phenoxy) is 2. The van der Waals surface area contributed by atoms with Crippen molar-refractivity contribution in [2.45, 2.75) is 27.3 Å². The van der Waals surface area contributed by atoms with Gasteiger partial charge in [0, 0.05) is 19.3 Å². The summed E-state index contributed by atoms with van der Waals surface area (Å²) in [5.74, 6) is 2.11. The molecule has 1 heterocycles. The van der Waals surface area contributed by atoms with Gasteiger partial charge in [-0.2, -0.15) is 0 Å². The Balaban J connectivity index is 2.06. The lowest BCUT2D eigenvalue weighted by Crippen LogP contribution is -2.28. The summed E-state index contributed by atoms with van der Waals surface area (Å²) >= 11 is 6.47. The topological polar surface area (TPSA) is 46.6 Å². The van der Waals surface area contributed by atoms with Gasteiger partial charge in [-0.1, -0.05) is 31.5 Å². The van der Waals surface area contributed by atoms with E-state index in [1.54, 1.807) is 6.20 Å². The van der Waals surface area contributed by atoms with Crippen LogP contribution in [0.3, 0.4) is 0 Å². The number of benzene rings is 1. The van der Waals surface area contributed by atoms with E-state index in [0.29, 0.717) is 36.3 Å².